The molecule has 1 heteroatoms. The van der Waals surface area contributed by atoms with Crippen LogP contribution in [0.15, 0.2) is 36.4 Å². The second-order valence-electron chi connectivity index (χ2n) is 2.59. The van der Waals surface area contributed by atoms with Gasteiger partial charge in [0.2, 0.25) is 0 Å². The summed E-state index contributed by atoms with van der Waals surface area (Å²) in [5, 5.41) is 2.21. The summed E-state index contributed by atoms with van der Waals surface area (Å²) in [6.07, 6.45) is 0. The minimum Gasteiger partial charge on any atom is -0.496 e. The minimum absolute atomic E-state index is 0.883. The van der Waals surface area contributed by atoms with Gasteiger partial charge >= 0.3 is 0 Å². The van der Waals surface area contributed by atoms with Crippen molar-refractivity contribution in [2.45, 2.75) is 0 Å². The van der Waals surface area contributed by atoms with E-state index in [4.69, 9.17) is 4.74 Å². The molecular weight excluding hydrogens is 148 g/mol. The van der Waals surface area contributed by atoms with E-state index in [0.717, 1.165) is 16.5 Å². The summed E-state index contributed by atoms with van der Waals surface area (Å²) in [6, 6.07) is 15.0. The monoisotopic (exact) mass is 157 g/mol. The average Bonchev–Trinajstić information content (AvgIpc) is 2.17. The molecule has 0 aliphatic carbocycles. The zero-order valence-corrected chi connectivity index (χ0v) is 6.87. The first-order valence-corrected chi connectivity index (χ1v) is 3.85. The van der Waals surface area contributed by atoms with Gasteiger partial charge in [0.1, 0.15) is 5.75 Å². The van der Waals surface area contributed by atoms with E-state index in [2.05, 4.69) is 6.07 Å². The van der Waals surface area contributed by atoms with Crippen molar-refractivity contribution >= 4 is 10.8 Å². The fraction of sp³-hybridized carbons (Fsp3) is 0.0909. The second-order valence-corrected chi connectivity index (χ2v) is 2.59. The second kappa shape index (κ2) is 2.86. The van der Waals surface area contributed by atoms with E-state index in [-0.39, 0.29) is 0 Å². The molecule has 0 aliphatic heterocycles. The molecule has 0 N–H and O–H groups in total. The fourth-order valence-corrected chi connectivity index (χ4v) is 1.29. The maximum Gasteiger partial charge on any atom is 0.127 e. The number of hydrogen-bond acceptors (Lipinski definition) is 1. The average molecular weight is 157 g/mol. The van der Waals surface area contributed by atoms with E-state index < -0.39 is 0 Å². The highest BCUT2D eigenvalue weighted by Gasteiger charge is 1.97. The molecular formula is C11H9O. The topological polar surface area (TPSA) is 9.23 Å². The van der Waals surface area contributed by atoms with Crippen LogP contribution in [0.5, 0.6) is 5.75 Å². The van der Waals surface area contributed by atoms with Crippen molar-refractivity contribution in [3.63, 3.8) is 0 Å². The van der Waals surface area contributed by atoms with Gasteiger partial charge in [-0.25, -0.2) is 0 Å². The maximum absolute atomic E-state index is 5.20. The minimum atomic E-state index is 0.883. The molecule has 1 radical (unpaired) electrons. The summed E-state index contributed by atoms with van der Waals surface area (Å²) in [4.78, 5) is 0. The van der Waals surface area contributed by atoms with Crippen LogP contribution in [0.1, 0.15) is 0 Å². The molecule has 0 fully saturated rings. The predicted octanol–water partition coefficient (Wildman–Crippen LogP) is 2.65. The van der Waals surface area contributed by atoms with E-state index in [0.29, 0.717) is 0 Å². The summed E-state index contributed by atoms with van der Waals surface area (Å²) >= 11 is 0. The maximum atomic E-state index is 5.20. The van der Waals surface area contributed by atoms with Crippen LogP contribution in [-0.2, 0) is 0 Å². The highest BCUT2D eigenvalue weighted by Crippen LogP contribution is 2.23. The number of ether oxygens (including phenoxy) is 1. The summed E-state index contributed by atoms with van der Waals surface area (Å²) in [6.45, 7) is 0. The first kappa shape index (κ1) is 7.17. The first-order valence-electron chi connectivity index (χ1n) is 3.85. The number of hydrogen-bond donors (Lipinski definition) is 0. The van der Waals surface area contributed by atoms with Gasteiger partial charge < -0.3 is 4.74 Å². The van der Waals surface area contributed by atoms with Crippen molar-refractivity contribution in [3.05, 3.63) is 42.5 Å². The summed E-state index contributed by atoms with van der Waals surface area (Å²) in [7, 11) is 1.68. The Labute approximate surface area is 71.6 Å². The molecule has 0 amide bonds. The molecule has 12 heavy (non-hydrogen) atoms. The summed E-state index contributed by atoms with van der Waals surface area (Å²) in [5.74, 6) is 0.883. The van der Waals surface area contributed by atoms with Gasteiger partial charge in [0.05, 0.1) is 7.11 Å². The van der Waals surface area contributed by atoms with E-state index in [1.54, 1.807) is 7.11 Å². The van der Waals surface area contributed by atoms with Gasteiger partial charge in [0.25, 0.3) is 0 Å². The normalized spacial score (nSPS) is 10.1. The van der Waals surface area contributed by atoms with Crippen molar-refractivity contribution in [2.24, 2.45) is 0 Å². The number of benzene rings is 2. The van der Waals surface area contributed by atoms with Crippen LogP contribution in [-0.4, -0.2) is 7.11 Å². The lowest BCUT2D eigenvalue weighted by molar-refractivity contribution is 0.420. The quantitative estimate of drug-likeness (QED) is 0.618. The van der Waals surface area contributed by atoms with Crippen molar-refractivity contribution in [1.29, 1.82) is 0 Å². The lowest BCUT2D eigenvalue weighted by atomic mass is 10.1. The molecule has 1 nitrogen and oxygen atoms in total. The Balaban J connectivity index is 2.79. The molecule has 0 unspecified atom stereocenters. The van der Waals surface area contributed by atoms with E-state index in [9.17, 15) is 0 Å². The van der Waals surface area contributed by atoms with Gasteiger partial charge in [-0.15, -0.1) is 0 Å². The van der Waals surface area contributed by atoms with Crippen LogP contribution in [0.4, 0.5) is 0 Å². The third-order valence-electron chi connectivity index (χ3n) is 1.88. The Bertz CT molecular complexity index is 388. The molecule has 0 aliphatic rings. The summed E-state index contributed by atoms with van der Waals surface area (Å²) < 4.78 is 5.20. The van der Waals surface area contributed by atoms with Gasteiger partial charge in [0, 0.05) is 5.39 Å². The lowest BCUT2D eigenvalue weighted by Crippen LogP contribution is -1.83. The first-order chi connectivity index (χ1) is 5.92. The molecule has 59 valence electrons. The Morgan fingerprint density at radius 1 is 1.17 bits per heavy atom. The van der Waals surface area contributed by atoms with Gasteiger partial charge in [-0.05, 0) is 17.5 Å². The molecule has 2 aromatic rings. The molecule has 0 saturated heterocycles. The predicted molar refractivity (Wildman–Crippen MR) is 49.3 cm³/mol. The van der Waals surface area contributed by atoms with Crippen LogP contribution in [0.25, 0.3) is 10.8 Å². The molecule has 0 aromatic heterocycles. The highest BCUT2D eigenvalue weighted by atomic mass is 16.5. The Morgan fingerprint density at radius 2 is 2.00 bits per heavy atom. The van der Waals surface area contributed by atoms with Crippen LogP contribution >= 0.6 is 0 Å². The van der Waals surface area contributed by atoms with E-state index in [1.807, 2.05) is 36.4 Å². The zero-order chi connectivity index (χ0) is 8.39. The van der Waals surface area contributed by atoms with Gasteiger partial charge in [0.15, 0.2) is 0 Å². The molecule has 0 heterocycles. The van der Waals surface area contributed by atoms with Gasteiger partial charge in [-0.1, -0.05) is 30.3 Å². The van der Waals surface area contributed by atoms with Crippen LogP contribution in [0.2, 0.25) is 0 Å². The number of fused-ring (bicyclic) bond motifs is 1. The Morgan fingerprint density at radius 3 is 2.83 bits per heavy atom. The van der Waals surface area contributed by atoms with E-state index >= 15 is 0 Å². The van der Waals surface area contributed by atoms with Crippen molar-refractivity contribution in [3.8, 4) is 5.75 Å². The molecule has 0 atom stereocenters. The smallest absolute Gasteiger partial charge is 0.127 e. The SMILES string of the molecule is COc1cccc2ccc[c]c12. The van der Waals surface area contributed by atoms with Gasteiger partial charge in [-0.3, -0.25) is 0 Å². The number of rotatable bonds is 1. The van der Waals surface area contributed by atoms with Gasteiger partial charge in [-0.2, -0.15) is 0 Å². The highest BCUT2D eigenvalue weighted by molar-refractivity contribution is 5.87. The Kier molecular flexibility index (Phi) is 1.71. The largest absolute Gasteiger partial charge is 0.496 e. The van der Waals surface area contributed by atoms with Crippen LogP contribution in [0, 0.1) is 6.07 Å². The number of methoxy groups -OCH3 is 1. The molecule has 2 aromatic carbocycles. The third kappa shape index (κ3) is 1.03. The molecule has 0 saturated carbocycles. The van der Waals surface area contributed by atoms with Crippen molar-refractivity contribution in [2.75, 3.05) is 7.11 Å². The Hall–Kier alpha value is -1.50. The van der Waals surface area contributed by atoms with E-state index in [1.165, 1.54) is 0 Å². The zero-order valence-electron chi connectivity index (χ0n) is 6.87. The molecule has 2 rings (SSSR count). The molecule has 0 bridgehead atoms. The van der Waals surface area contributed by atoms with Crippen molar-refractivity contribution in [1.82, 2.24) is 0 Å². The van der Waals surface area contributed by atoms with Crippen LogP contribution in [0.3, 0.4) is 0 Å². The fourth-order valence-electron chi connectivity index (χ4n) is 1.29. The standard InChI is InChI=1S/C11H9O/c1-12-11-8-4-6-9-5-2-3-7-10(9)11/h2-6,8H,1H3. The summed E-state index contributed by atoms with van der Waals surface area (Å²) in [5.41, 5.74) is 0. The lowest BCUT2D eigenvalue weighted by Gasteiger charge is -2.02. The molecule has 0 spiro atoms. The van der Waals surface area contributed by atoms with Crippen LogP contribution < -0.4 is 4.74 Å². The third-order valence-corrected chi connectivity index (χ3v) is 1.88. The van der Waals surface area contributed by atoms with Crippen molar-refractivity contribution < 1.29 is 4.74 Å².